The van der Waals surface area contributed by atoms with Crippen LogP contribution in [0.2, 0.25) is 0 Å². The molecule has 0 saturated carbocycles. The van der Waals surface area contributed by atoms with E-state index in [1.165, 1.54) is 6.26 Å². The lowest BCUT2D eigenvalue weighted by atomic mass is 10.4. The SMILES string of the molecule is CCOC(=O)NCCNC(=O)c1ccco1. The number of nitrogens with one attached hydrogen (secondary N) is 2. The second kappa shape index (κ2) is 6.49. The highest BCUT2D eigenvalue weighted by atomic mass is 16.5. The first-order valence-electron chi connectivity index (χ1n) is 4.96. The summed E-state index contributed by atoms with van der Waals surface area (Å²) in [7, 11) is 0. The number of furan rings is 1. The average molecular weight is 226 g/mol. The van der Waals surface area contributed by atoms with E-state index in [-0.39, 0.29) is 11.7 Å². The van der Waals surface area contributed by atoms with Gasteiger partial charge in [-0.2, -0.15) is 0 Å². The predicted octanol–water partition coefficient (Wildman–Crippen LogP) is 0.755. The van der Waals surface area contributed by atoms with Gasteiger partial charge in [0.2, 0.25) is 0 Å². The topological polar surface area (TPSA) is 80.6 Å². The molecule has 0 aromatic carbocycles. The molecule has 6 heteroatoms. The number of hydrogen-bond acceptors (Lipinski definition) is 4. The van der Waals surface area contributed by atoms with Crippen molar-refractivity contribution in [1.82, 2.24) is 10.6 Å². The van der Waals surface area contributed by atoms with Crippen molar-refractivity contribution in [3.63, 3.8) is 0 Å². The number of hydrogen-bond donors (Lipinski definition) is 2. The van der Waals surface area contributed by atoms with E-state index in [4.69, 9.17) is 4.42 Å². The second-order valence-corrected chi connectivity index (χ2v) is 2.88. The Morgan fingerprint density at radius 1 is 1.38 bits per heavy atom. The van der Waals surface area contributed by atoms with Crippen LogP contribution in [0.5, 0.6) is 0 Å². The average Bonchev–Trinajstić information content (AvgIpc) is 2.78. The molecular weight excluding hydrogens is 212 g/mol. The molecule has 1 heterocycles. The lowest BCUT2D eigenvalue weighted by molar-refractivity contribution is 0.0924. The number of carbonyl (C=O) groups excluding carboxylic acids is 2. The van der Waals surface area contributed by atoms with E-state index in [1.54, 1.807) is 19.1 Å². The summed E-state index contributed by atoms with van der Waals surface area (Å²) in [5.74, 6) is -0.0632. The molecule has 16 heavy (non-hydrogen) atoms. The van der Waals surface area contributed by atoms with Crippen LogP contribution in [-0.2, 0) is 4.74 Å². The van der Waals surface area contributed by atoms with Gasteiger partial charge in [0.05, 0.1) is 12.9 Å². The molecule has 0 radical (unpaired) electrons. The van der Waals surface area contributed by atoms with Gasteiger partial charge in [0, 0.05) is 13.1 Å². The van der Waals surface area contributed by atoms with Gasteiger partial charge in [0.1, 0.15) is 0 Å². The minimum absolute atomic E-state index is 0.246. The fourth-order valence-electron chi connectivity index (χ4n) is 1.02. The zero-order chi connectivity index (χ0) is 11.8. The van der Waals surface area contributed by atoms with Crippen molar-refractivity contribution < 1.29 is 18.7 Å². The van der Waals surface area contributed by atoms with Gasteiger partial charge in [0.25, 0.3) is 5.91 Å². The first kappa shape index (κ1) is 12.1. The first-order chi connectivity index (χ1) is 7.74. The van der Waals surface area contributed by atoms with E-state index < -0.39 is 6.09 Å². The van der Waals surface area contributed by atoms with E-state index in [9.17, 15) is 9.59 Å². The number of ether oxygens (including phenoxy) is 1. The monoisotopic (exact) mass is 226 g/mol. The van der Waals surface area contributed by atoms with Gasteiger partial charge in [-0.1, -0.05) is 0 Å². The van der Waals surface area contributed by atoms with E-state index in [2.05, 4.69) is 15.4 Å². The highest BCUT2D eigenvalue weighted by Gasteiger charge is 2.07. The van der Waals surface area contributed by atoms with Crippen molar-refractivity contribution >= 4 is 12.0 Å². The molecule has 0 fully saturated rings. The molecule has 1 aromatic rings. The van der Waals surface area contributed by atoms with Crippen molar-refractivity contribution in [3.8, 4) is 0 Å². The Morgan fingerprint density at radius 2 is 2.12 bits per heavy atom. The molecule has 0 aliphatic carbocycles. The third kappa shape index (κ3) is 4.04. The van der Waals surface area contributed by atoms with Crippen LogP contribution in [0.15, 0.2) is 22.8 Å². The van der Waals surface area contributed by atoms with Gasteiger partial charge in [-0.3, -0.25) is 4.79 Å². The van der Waals surface area contributed by atoms with Crippen LogP contribution in [0.4, 0.5) is 4.79 Å². The maximum Gasteiger partial charge on any atom is 0.407 e. The fourth-order valence-corrected chi connectivity index (χ4v) is 1.02. The Hall–Kier alpha value is -1.98. The van der Waals surface area contributed by atoms with Gasteiger partial charge in [-0.15, -0.1) is 0 Å². The van der Waals surface area contributed by atoms with Crippen LogP contribution in [-0.4, -0.2) is 31.7 Å². The van der Waals surface area contributed by atoms with Crippen molar-refractivity contribution in [2.45, 2.75) is 6.92 Å². The Labute approximate surface area is 93.0 Å². The van der Waals surface area contributed by atoms with Crippen LogP contribution >= 0.6 is 0 Å². The maximum atomic E-state index is 11.3. The molecule has 0 aliphatic rings. The van der Waals surface area contributed by atoms with E-state index in [0.717, 1.165) is 0 Å². The molecule has 2 amide bonds. The minimum atomic E-state index is -0.491. The van der Waals surface area contributed by atoms with Crippen LogP contribution in [0.1, 0.15) is 17.5 Å². The van der Waals surface area contributed by atoms with Crippen LogP contribution in [0.3, 0.4) is 0 Å². The molecule has 0 bridgehead atoms. The third-order valence-corrected chi connectivity index (χ3v) is 1.70. The van der Waals surface area contributed by atoms with Gasteiger partial charge in [-0.05, 0) is 19.1 Å². The van der Waals surface area contributed by atoms with Gasteiger partial charge in [0.15, 0.2) is 5.76 Å². The highest BCUT2D eigenvalue weighted by molar-refractivity contribution is 5.91. The zero-order valence-electron chi connectivity index (χ0n) is 8.99. The largest absolute Gasteiger partial charge is 0.459 e. The smallest absolute Gasteiger partial charge is 0.407 e. The summed E-state index contributed by atoms with van der Waals surface area (Å²) in [6.07, 6.45) is 0.931. The molecule has 0 saturated heterocycles. The number of amides is 2. The maximum absolute atomic E-state index is 11.3. The molecular formula is C10H14N2O4. The van der Waals surface area contributed by atoms with Crippen molar-refractivity contribution in [2.75, 3.05) is 19.7 Å². The van der Waals surface area contributed by atoms with Gasteiger partial charge >= 0.3 is 6.09 Å². The minimum Gasteiger partial charge on any atom is -0.459 e. The summed E-state index contributed by atoms with van der Waals surface area (Å²) < 4.78 is 9.53. The molecule has 0 unspecified atom stereocenters. The summed E-state index contributed by atoms with van der Waals surface area (Å²) in [5, 5.41) is 5.06. The molecule has 0 spiro atoms. The van der Waals surface area contributed by atoms with Crippen LogP contribution < -0.4 is 10.6 Å². The normalized spacial score (nSPS) is 9.56. The molecule has 0 atom stereocenters. The molecule has 1 rings (SSSR count). The van der Waals surface area contributed by atoms with Crippen molar-refractivity contribution in [3.05, 3.63) is 24.2 Å². The van der Waals surface area contributed by atoms with E-state index >= 15 is 0 Å². The van der Waals surface area contributed by atoms with Crippen molar-refractivity contribution in [1.29, 1.82) is 0 Å². The standard InChI is InChI=1S/C10H14N2O4/c1-2-15-10(14)12-6-5-11-9(13)8-4-3-7-16-8/h3-4,7H,2,5-6H2,1H3,(H,11,13)(H,12,14). The fraction of sp³-hybridized carbons (Fsp3) is 0.400. The van der Waals surface area contributed by atoms with E-state index in [0.29, 0.717) is 19.7 Å². The Morgan fingerprint density at radius 3 is 2.75 bits per heavy atom. The van der Waals surface area contributed by atoms with E-state index in [1.807, 2.05) is 0 Å². The van der Waals surface area contributed by atoms with Gasteiger partial charge < -0.3 is 19.8 Å². The van der Waals surface area contributed by atoms with Crippen LogP contribution in [0, 0.1) is 0 Å². The zero-order valence-corrected chi connectivity index (χ0v) is 8.99. The highest BCUT2D eigenvalue weighted by Crippen LogP contribution is 1.98. The number of rotatable bonds is 5. The van der Waals surface area contributed by atoms with Gasteiger partial charge in [-0.25, -0.2) is 4.79 Å². The molecule has 88 valence electrons. The lowest BCUT2D eigenvalue weighted by Gasteiger charge is -2.05. The van der Waals surface area contributed by atoms with Crippen molar-refractivity contribution in [2.24, 2.45) is 0 Å². The molecule has 1 aromatic heterocycles. The summed E-state index contributed by atoms with van der Waals surface area (Å²) in [5.41, 5.74) is 0. The predicted molar refractivity (Wildman–Crippen MR) is 56.1 cm³/mol. The second-order valence-electron chi connectivity index (χ2n) is 2.88. The number of carbonyl (C=O) groups is 2. The Bertz CT molecular complexity index is 335. The summed E-state index contributed by atoms with van der Waals surface area (Å²) in [4.78, 5) is 22.2. The molecule has 6 nitrogen and oxygen atoms in total. The lowest BCUT2D eigenvalue weighted by Crippen LogP contribution is -2.34. The molecule has 2 N–H and O–H groups in total. The summed E-state index contributed by atoms with van der Waals surface area (Å²) >= 11 is 0. The Kier molecular flexibility index (Phi) is 4.91. The quantitative estimate of drug-likeness (QED) is 0.726. The molecule has 0 aliphatic heterocycles. The Balaban J connectivity index is 2.12. The van der Waals surface area contributed by atoms with Crippen LogP contribution in [0.25, 0.3) is 0 Å². The number of alkyl carbamates (subject to hydrolysis) is 1. The third-order valence-electron chi connectivity index (χ3n) is 1.70. The summed E-state index contributed by atoms with van der Waals surface area (Å²) in [6, 6.07) is 3.19. The summed E-state index contributed by atoms with van der Waals surface area (Å²) in [6.45, 7) is 2.67. The first-order valence-corrected chi connectivity index (χ1v) is 4.96.